The number of hydrogen-bond donors (Lipinski definition) is 1. The minimum atomic E-state index is -0.769. The zero-order chi connectivity index (χ0) is 17.7. The Hall–Kier alpha value is -3.56. The number of nitrogens with zero attached hydrogens (tertiary/aromatic N) is 3. The number of esters is 1. The maximum absolute atomic E-state index is 11.6. The van der Waals surface area contributed by atoms with Crippen molar-refractivity contribution in [1.82, 2.24) is 4.98 Å². The topological polar surface area (TPSA) is 138 Å². The van der Waals surface area contributed by atoms with E-state index in [-0.39, 0.29) is 12.3 Å². The van der Waals surface area contributed by atoms with Crippen molar-refractivity contribution in [2.75, 3.05) is 11.9 Å². The highest BCUT2D eigenvalue weighted by Gasteiger charge is 2.25. The number of benzene rings is 1. The van der Waals surface area contributed by atoms with Crippen molar-refractivity contribution in [2.24, 2.45) is 0 Å². The normalized spacial score (nSPS) is 10.0. The first-order valence-electron chi connectivity index (χ1n) is 6.75. The number of carbonyl (C=O) groups is 1. The number of hydrogen-bond acceptors (Lipinski definition) is 8. The van der Waals surface area contributed by atoms with Crippen LogP contribution in [0.2, 0.25) is 0 Å². The lowest BCUT2D eigenvalue weighted by molar-refractivity contribution is -0.392. The van der Waals surface area contributed by atoms with Gasteiger partial charge in [-0.2, -0.15) is 0 Å². The molecular weight excluding hydrogens is 320 g/mol. The van der Waals surface area contributed by atoms with Crippen molar-refractivity contribution in [3.8, 4) is 0 Å². The van der Waals surface area contributed by atoms with Gasteiger partial charge >= 0.3 is 17.3 Å². The van der Waals surface area contributed by atoms with Gasteiger partial charge in [0.1, 0.15) is 12.4 Å². The monoisotopic (exact) mass is 332 g/mol. The summed E-state index contributed by atoms with van der Waals surface area (Å²) in [5, 5.41) is 24.7. The molecule has 0 fully saturated rings. The zero-order valence-electron chi connectivity index (χ0n) is 12.5. The summed E-state index contributed by atoms with van der Waals surface area (Å²) in [6.07, 6.45) is 1.84. The summed E-state index contributed by atoms with van der Waals surface area (Å²) < 4.78 is 4.84. The molecule has 1 heterocycles. The Bertz CT molecular complexity index is 758. The molecule has 2 aromatic rings. The lowest BCUT2D eigenvalue weighted by atomic mass is 10.2. The molecule has 10 nitrogen and oxygen atoms in total. The second-order valence-corrected chi connectivity index (χ2v) is 4.49. The number of rotatable bonds is 6. The van der Waals surface area contributed by atoms with Gasteiger partial charge in [-0.25, -0.2) is 4.79 Å². The number of anilines is 2. The van der Waals surface area contributed by atoms with Gasteiger partial charge in [0.25, 0.3) is 0 Å². The number of nitro groups is 2. The molecule has 1 aromatic heterocycles. The highest BCUT2D eigenvalue weighted by molar-refractivity contribution is 5.90. The SMILES string of the molecule is CCOC(=O)c1ccc(Nc2c([N+](=O)[O-])cncc2[N+](=O)[O-])cc1. The van der Waals surface area contributed by atoms with E-state index in [0.29, 0.717) is 11.3 Å². The molecule has 2 rings (SSSR count). The second-order valence-electron chi connectivity index (χ2n) is 4.49. The highest BCUT2D eigenvalue weighted by atomic mass is 16.6. The van der Waals surface area contributed by atoms with Crippen molar-refractivity contribution in [2.45, 2.75) is 6.92 Å². The zero-order valence-corrected chi connectivity index (χ0v) is 12.5. The average molecular weight is 332 g/mol. The van der Waals surface area contributed by atoms with Crippen molar-refractivity contribution in [3.05, 3.63) is 62.5 Å². The molecule has 0 saturated heterocycles. The minimum absolute atomic E-state index is 0.230. The summed E-state index contributed by atoms with van der Waals surface area (Å²) in [5.41, 5.74) is -0.720. The molecule has 1 aromatic carbocycles. The van der Waals surface area contributed by atoms with Crippen LogP contribution in [0.4, 0.5) is 22.7 Å². The van der Waals surface area contributed by atoms with E-state index in [4.69, 9.17) is 4.74 Å². The third-order valence-corrected chi connectivity index (χ3v) is 2.96. The molecule has 0 aliphatic carbocycles. The molecule has 10 heteroatoms. The maximum atomic E-state index is 11.6. The van der Waals surface area contributed by atoms with E-state index in [1.807, 2.05) is 0 Å². The van der Waals surface area contributed by atoms with Gasteiger partial charge in [-0.05, 0) is 31.2 Å². The van der Waals surface area contributed by atoms with E-state index in [1.54, 1.807) is 6.92 Å². The molecule has 0 radical (unpaired) electrons. The molecule has 0 unspecified atom stereocenters. The van der Waals surface area contributed by atoms with Crippen molar-refractivity contribution in [3.63, 3.8) is 0 Å². The molecule has 0 aliphatic rings. The van der Waals surface area contributed by atoms with Crippen LogP contribution in [0.3, 0.4) is 0 Å². The van der Waals surface area contributed by atoms with Gasteiger partial charge in [0.05, 0.1) is 22.0 Å². The van der Waals surface area contributed by atoms with Crippen LogP contribution in [0.25, 0.3) is 0 Å². The van der Waals surface area contributed by atoms with E-state index in [9.17, 15) is 25.0 Å². The molecule has 0 bridgehead atoms. The summed E-state index contributed by atoms with van der Waals surface area (Å²) in [6.45, 7) is 1.91. The Labute approximate surface area is 135 Å². The van der Waals surface area contributed by atoms with Crippen molar-refractivity contribution in [1.29, 1.82) is 0 Å². The number of ether oxygens (including phenoxy) is 1. The van der Waals surface area contributed by atoms with E-state index in [1.165, 1.54) is 24.3 Å². The standard InChI is InChI=1S/C14H12N4O6/c1-2-24-14(19)9-3-5-10(6-4-9)16-13-11(17(20)21)7-15-8-12(13)18(22)23/h3-8H,2H2,1H3,(H,15,16). The van der Waals surface area contributed by atoms with Gasteiger partial charge in [-0.3, -0.25) is 25.2 Å². The fraction of sp³-hybridized carbons (Fsp3) is 0.143. The Balaban J connectivity index is 2.35. The van der Waals surface area contributed by atoms with Crippen LogP contribution in [-0.4, -0.2) is 27.4 Å². The predicted octanol–water partition coefficient (Wildman–Crippen LogP) is 2.82. The Morgan fingerprint density at radius 2 is 1.67 bits per heavy atom. The molecule has 0 spiro atoms. The van der Waals surface area contributed by atoms with Gasteiger partial charge in [0.15, 0.2) is 5.69 Å². The quantitative estimate of drug-likeness (QED) is 0.484. The van der Waals surface area contributed by atoms with Crippen LogP contribution in [0, 0.1) is 20.2 Å². The molecule has 0 saturated carbocycles. The Morgan fingerprint density at radius 1 is 1.12 bits per heavy atom. The van der Waals surface area contributed by atoms with Gasteiger partial charge in [0, 0.05) is 5.69 Å². The Morgan fingerprint density at radius 3 is 2.12 bits per heavy atom. The van der Waals surface area contributed by atoms with Crippen LogP contribution in [0.5, 0.6) is 0 Å². The number of nitrogens with one attached hydrogen (secondary N) is 1. The fourth-order valence-electron chi connectivity index (χ4n) is 1.89. The molecule has 0 atom stereocenters. The van der Waals surface area contributed by atoms with E-state index >= 15 is 0 Å². The van der Waals surface area contributed by atoms with Gasteiger partial charge in [-0.15, -0.1) is 0 Å². The first-order valence-corrected chi connectivity index (χ1v) is 6.75. The van der Waals surface area contributed by atoms with Gasteiger partial charge < -0.3 is 10.1 Å². The van der Waals surface area contributed by atoms with Crippen LogP contribution < -0.4 is 5.32 Å². The first kappa shape index (κ1) is 16.8. The summed E-state index contributed by atoms with van der Waals surface area (Å²) in [6, 6.07) is 5.80. The molecule has 124 valence electrons. The third kappa shape index (κ3) is 3.61. The lowest BCUT2D eigenvalue weighted by Crippen LogP contribution is -2.05. The maximum Gasteiger partial charge on any atom is 0.338 e. The predicted molar refractivity (Wildman–Crippen MR) is 83.2 cm³/mol. The minimum Gasteiger partial charge on any atom is -0.462 e. The smallest absolute Gasteiger partial charge is 0.338 e. The fourth-order valence-corrected chi connectivity index (χ4v) is 1.89. The van der Waals surface area contributed by atoms with Crippen molar-refractivity contribution < 1.29 is 19.4 Å². The third-order valence-electron chi connectivity index (χ3n) is 2.96. The second kappa shape index (κ2) is 7.13. The molecule has 0 amide bonds. The van der Waals surface area contributed by atoms with E-state index in [2.05, 4.69) is 10.3 Å². The first-order chi connectivity index (χ1) is 11.4. The summed E-state index contributed by atoms with van der Waals surface area (Å²) >= 11 is 0. The molecule has 0 aliphatic heterocycles. The molecule has 24 heavy (non-hydrogen) atoms. The number of aromatic nitrogens is 1. The number of pyridine rings is 1. The Kier molecular flexibility index (Phi) is 5.00. The largest absolute Gasteiger partial charge is 0.462 e. The van der Waals surface area contributed by atoms with Crippen LogP contribution >= 0.6 is 0 Å². The summed E-state index contributed by atoms with van der Waals surface area (Å²) in [5.74, 6) is -0.509. The van der Waals surface area contributed by atoms with Gasteiger partial charge in [-0.1, -0.05) is 0 Å². The average Bonchev–Trinajstić information content (AvgIpc) is 2.55. The van der Waals surface area contributed by atoms with Crippen LogP contribution in [0.1, 0.15) is 17.3 Å². The highest BCUT2D eigenvalue weighted by Crippen LogP contribution is 2.35. The van der Waals surface area contributed by atoms with E-state index < -0.39 is 27.2 Å². The molecule has 1 N–H and O–H groups in total. The number of carbonyl (C=O) groups excluding carboxylic acids is 1. The van der Waals surface area contributed by atoms with Crippen LogP contribution in [0.15, 0.2) is 36.7 Å². The lowest BCUT2D eigenvalue weighted by Gasteiger charge is -2.08. The van der Waals surface area contributed by atoms with Crippen molar-refractivity contribution >= 4 is 28.7 Å². The summed E-state index contributed by atoms with van der Waals surface area (Å²) in [4.78, 5) is 35.6. The van der Waals surface area contributed by atoms with Crippen LogP contribution in [-0.2, 0) is 4.74 Å². The van der Waals surface area contributed by atoms with Gasteiger partial charge in [0.2, 0.25) is 0 Å². The molecular formula is C14H12N4O6. The summed E-state index contributed by atoms with van der Waals surface area (Å²) in [7, 11) is 0. The van der Waals surface area contributed by atoms with E-state index in [0.717, 1.165) is 12.4 Å².